The molecular formula is C26H40O5. The van der Waals surface area contributed by atoms with Crippen LogP contribution in [0.25, 0.3) is 0 Å². The number of hydrogen-bond donors (Lipinski definition) is 2. The maximum atomic E-state index is 12.3. The van der Waals surface area contributed by atoms with Crippen molar-refractivity contribution >= 4 is 5.97 Å². The lowest BCUT2D eigenvalue weighted by Gasteiger charge is -2.30. The first kappa shape index (κ1) is 27.1. The lowest BCUT2D eigenvalue weighted by Crippen LogP contribution is -2.39. The van der Waals surface area contributed by atoms with Crippen molar-refractivity contribution in [3.05, 3.63) is 59.3 Å². The fraction of sp³-hybridized carbons (Fsp3) is 0.577. The molecule has 5 heteroatoms. The third kappa shape index (κ3) is 9.38. The van der Waals surface area contributed by atoms with Gasteiger partial charge in [-0.15, -0.1) is 0 Å². The highest BCUT2D eigenvalue weighted by Gasteiger charge is 2.33. The molecule has 0 heterocycles. The molecule has 0 fully saturated rings. The number of esters is 1. The minimum Gasteiger partial charge on any atom is -0.452 e. The number of allylic oxidation sites excluding steroid dienone is 5. The molecule has 31 heavy (non-hydrogen) atoms. The van der Waals surface area contributed by atoms with Crippen LogP contribution in [0.3, 0.4) is 0 Å². The van der Waals surface area contributed by atoms with Crippen molar-refractivity contribution in [2.75, 3.05) is 13.7 Å². The van der Waals surface area contributed by atoms with Crippen LogP contribution < -0.4 is 0 Å². The Balaban J connectivity index is 3.42. The minimum atomic E-state index is -1.45. The Kier molecular flexibility index (Phi) is 10.6. The average Bonchev–Trinajstić information content (AvgIpc) is 2.67. The molecule has 0 aromatic heterocycles. The zero-order chi connectivity index (χ0) is 23.7. The third-order valence-corrected chi connectivity index (χ3v) is 5.41. The standard InChI is InChI=1S/C26H40O5/c1-19(2)9-8-13-25(5)14-10-21(18-27)22(30-7)11-16-26(6,29)23(12-15-25)31-24(28)17-20(3)4/h9-12,15-17,22-23,27,29H,8,13-14,18H2,1-7H3/b15-12+,16-11+,21-10-/t22-,23-,25+,26-/m1/s1. The van der Waals surface area contributed by atoms with Crippen molar-refractivity contribution in [2.24, 2.45) is 5.41 Å². The first-order chi connectivity index (χ1) is 14.4. The zero-order valence-electron chi connectivity index (χ0n) is 20.1. The van der Waals surface area contributed by atoms with Crippen molar-refractivity contribution in [2.45, 2.75) is 78.6 Å². The molecule has 0 saturated carbocycles. The van der Waals surface area contributed by atoms with Gasteiger partial charge in [0.05, 0.1) is 12.7 Å². The summed E-state index contributed by atoms with van der Waals surface area (Å²) >= 11 is 0. The molecule has 0 amide bonds. The molecule has 0 bridgehead atoms. The van der Waals surface area contributed by atoms with E-state index >= 15 is 0 Å². The van der Waals surface area contributed by atoms with E-state index in [1.807, 2.05) is 26.0 Å². The molecule has 1 aliphatic rings. The SMILES string of the molecule is CO[C@@H]1/C=C/[C@@](C)(O)[C@H](OC(=O)C=C(C)C)/C=C/[C@@](C)(CCC=C(C)C)C/C=C\1CO. The largest absolute Gasteiger partial charge is 0.452 e. The number of rotatable bonds is 7. The van der Waals surface area contributed by atoms with E-state index in [9.17, 15) is 15.0 Å². The van der Waals surface area contributed by atoms with Gasteiger partial charge in [0.15, 0.2) is 6.10 Å². The van der Waals surface area contributed by atoms with E-state index in [1.165, 1.54) is 11.6 Å². The fourth-order valence-corrected chi connectivity index (χ4v) is 3.38. The summed E-state index contributed by atoms with van der Waals surface area (Å²) in [6.45, 7) is 11.4. The Morgan fingerprint density at radius 3 is 2.39 bits per heavy atom. The molecule has 0 unspecified atom stereocenters. The summed E-state index contributed by atoms with van der Waals surface area (Å²) in [5.41, 5.74) is 1.10. The molecular weight excluding hydrogens is 392 g/mol. The highest BCUT2D eigenvalue weighted by Crippen LogP contribution is 2.33. The van der Waals surface area contributed by atoms with E-state index in [2.05, 4.69) is 26.8 Å². The second kappa shape index (κ2) is 12.2. The van der Waals surface area contributed by atoms with Gasteiger partial charge in [0, 0.05) is 13.2 Å². The molecule has 1 aliphatic carbocycles. The fourth-order valence-electron chi connectivity index (χ4n) is 3.38. The van der Waals surface area contributed by atoms with E-state index in [0.29, 0.717) is 6.42 Å². The Morgan fingerprint density at radius 1 is 1.16 bits per heavy atom. The summed E-state index contributed by atoms with van der Waals surface area (Å²) in [5.74, 6) is -0.498. The summed E-state index contributed by atoms with van der Waals surface area (Å²) in [7, 11) is 1.56. The number of methoxy groups -OCH3 is 1. The van der Waals surface area contributed by atoms with E-state index in [-0.39, 0.29) is 12.0 Å². The van der Waals surface area contributed by atoms with Crippen LogP contribution in [0.5, 0.6) is 0 Å². The molecule has 2 N–H and O–H groups in total. The van der Waals surface area contributed by atoms with Crippen LogP contribution >= 0.6 is 0 Å². The molecule has 0 aliphatic heterocycles. The quantitative estimate of drug-likeness (QED) is 0.343. The summed E-state index contributed by atoms with van der Waals surface area (Å²) in [6, 6.07) is 0. The average molecular weight is 433 g/mol. The van der Waals surface area contributed by atoms with Crippen LogP contribution in [0.1, 0.15) is 60.8 Å². The van der Waals surface area contributed by atoms with E-state index in [4.69, 9.17) is 9.47 Å². The van der Waals surface area contributed by atoms with Crippen molar-refractivity contribution < 1.29 is 24.5 Å². The number of aliphatic hydroxyl groups excluding tert-OH is 1. The van der Waals surface area contributed by atoms with Crippen LogP contribution in [0.15, 0.2) is 59.3 Å². The molecule has 174 valence electrons. The van der Waals surface area contributed by atoms with Crippen LogP contribution in [0.2, 0.25) is 0 Å². The number of hydrogen-bond acceptors (Lipinski definition) is 5. The first-order valence-corrected chi connectivity index (χ1v) is 10.8. The summed E-state index contributed by atoms with van der Waals surface area (Å²) in [6.07, 6.45) is 13.8. The van der Waals surface area contributed by atoms with Crippen molar-refractivity contribution in [3.8, 4) is 0 Å². The predicted molar refractivity (Wildman–Crippen MR) is 126 cm³/mol. The smallest absolute Gasteiger partial charge is 0.331 e. The van der Waals surface area contributed by atoms with Gasteiger partial charge in [0.2, 0.25) is 0 Å². The van der Waals surface area contributed by atoms with Crippen molar-refractivity contribution in [1.29, 1.82) is 0 Å². The third-order valence-electron chi connectivity index (χ3n) is 5.41. The monoisotopic (exact) mass is 432 g/mol. The maximum absolute atomic E-state index is 12.3. The van der Waals surface area contributed by atoms with Crippen LogP contribution in [0.4, 0.5) is 0 Å². The van der Waals surface area contributed by atoms with E-state index in [1.54, 1.807) is 32.3 Å². The van der Waals surface area contributed by atoms with Crippen LogP contribution in [-0.2, 0) is 14.3 Å². The minimum absolute atomic E-state index is 0.141. The normalized spacial score (nSPS) is 32.6. The number of aliphatic hydroxyl groups is 2. The Hall–Kier alpha value is -1.95. The summed E-state index contributed by atoms with van der Waals surface area (Å²) in [4.78, 5) is 12.3. The van der Waals surface area contributed by atoms with Crippen LogP contribution in [-0.4, -0.2) is 47.7 Å². The molecule has 4 atom stereocenters. The number of carbonyl (C=O) groups excluding carboxylic acids is 1. The van der Waals surface area contributed by atoms with Gasteiger partial charge in [-0.2, -0.15) is 0 Å². The van der Waals surface area contributed by atoms with Gasteiger partial charge >= 0.3 is 5.97 Å². The molecule has 1 rings (SSSR count). The van der Waals surface area contributed by atoms with Gasteiger partial charge in [-0.1, -0.05) is 48.5 Å². The maximum Gasteiger partial charge on any atom is 0.331 e. The van der Waals surface area contributed by atoms with Gasteiger partial charge in [0.1, 0.15) is 5.60 Å². The number of carbonyl (C=O) groups is 1. The molecule has 0 spiro atoms. The molecule has 0 saturated heterocycles. The second-order valence-electron chi connectivity index (χ2n) is 9.29. The van der Waals surface area contributed by atoms with Gasteiger partial charge in [-0.3, -0.25) is 0 Å². The van der Waals surface area contributed by atoms with Crippen molar-refractivity contribution in [1.82, 2.24) is 0 Å². The van der Waals surface area contributed by atoms with Crippen molar-refractivity contribution in [3.63, 3.8) is 0 Å². The Morgan fingerprint density at radius 2 is 1.84 bits per heavy atom. The first-order valence-electron chi connectivity index (χ1n) is 10.8. The molecule has 0 radical (unpaired) electrons. The number of ether oxygens (including phenoxy) is 2. The van der Waals surface area contributed by atoms with E-state index < -0.39 is 23.8 Å². The summed E-state index contributed by atoms with van der Waals surface area (Å²) < 4.78 is 11.2. The molecule has 0 aromatic rings. The van der Waals surface area contributed by atoms with Gasteiger partial charge in [-0.05, 0) is 70.9 Å². The predicted octanol–water partition coefficient (Wildman–Crippen LogP) is 4.82. The van der Waals surface area contributed by atoms with Crippen LogP contribution in [0, 0.1) is 5.41 Å². The van der Waals surface area contributed by atoms with Gasteiger partial charge < -0.3 is 19.7 Å². The molecule has 0 aromatic carbocycles. The lowest BCUT2D eigenvalue weighted by atomic mass is 9.80. The Labute approximate surface area is 187 Å². The molecule has 5 nitrogen and oxygen atoms in total. The van der Waals surface area contributed by atoms with Gasteiger partial charge in [-0.25, -0.2) is 4.79 Å². The highest BCUT2D eigenvalue weighted by molar-refractivity contribution is 5.83. The second-order valence-corrected chi connectivity index (χ2v) is 9.29. The van der Waals surface area contributed by atoms with E-state index in [0.717, 1.165) is 24.0 Å². The Bertz CT molecular complexity index is 746. The lowest BCUT2D eigenvalue weighted by molar-refractivity contribution is -0.148. The topological polar surface area (TPSA) is 76.0 Å². The van der Waals surface area contributed by atoms with Gasteiger partial charge in [0.25, 0.3) is 0 Å². The highest BCUT2D eigenvalue weighted by atomic mass is 16.6. The summed E-state index contributed by atoms with van der Waals surface area (Å²) in [5, 5.41) is 21.0. The zero-order valence-corrected chi connectivity index (χ0v) is 20.1.